The van der Waals surface area contributed by atoms with Crippen LogP contribution in [0.5, 0.6) is 5.75 Å². The van der Waals surface area contributed by atoms with E-state index in [2.05, 4.69) is 5.32 Å². The van der Waals surface area contributed by atoms with Crippen LogP contribution in [0.4, 0.5) is 0 Å². The van der Waals surface area contributed by atoms with Gasteiger partial charge in [0.2, 0.25) is 5.91 Å². The van der Waals surface area contributed by atoms with Crippen LogP contribution in [-0.4, -0.2) is 35.4 Å². The molecule has 0 aliphatic rings. The first kappa shape index (κ1) is 24.0. The molecule has 0 radical (unpaired) electrons. The summed E-state index contributed by atoms with van der Waals surface area (Å²) in [4.78, 5) is 27.1. The van der Waals surface area contributed by atoms with Crippen molar-refractivity contribution >= 4 is 35.0 Å². The molecule has 0 heterocycles. The van der Waals surface area contributed by atoms with E-state index in [1.54, 1.807) is 25.1 Å². The Morgan fingerprint density at radius 1 is 1.07 bits per heavy atom. The summed E-state index contributed by atoms with van der Waals surface area (Å²) in [6.45, 7) is 9.33. The molecule has 0 fully saturated rings. The van der Waals surface area contributed by atoms with Gasteiger partial charge in [-0.2, -0.15) is 0 Å². The van der Waals surface area contributed by atoms with Crippen LogP contribution in [0.25, 0.3) is 0 Å². The van der Waals surface area contributed by atoms with Gasteiger partial charge in [0.25, 0.3) is 5.91 Å². The first-order chi connectivity index (χ1) is 14.1. The van der Waals surface area contributed by atoms with Gasteiger partial charge < -0.3 is 15.0 Å². The number of nitrogens with one attached hydrogen (secondary N) is 1. The van der Waals surface area contributed by atoms with Gasteiger partial charge in [-0.05, 0) is 63.9 Å². The molecule has 0 bridgehead atoms. The molecule has 7 heteroatoms. The lowest BCUT2D eigenvalue weighted by Crippen LogP contribution is -2.50. The average Bonchev–Trinajstić information content (AvgIpc) is 2.65. The molecule has 2 amide bonds. The minimum Gasteiger partial charge on any atom is -0.483 e. The van der Waals surface area contributed by atoms with Gasteiger partial charge in [0.15, 0.2) is 6.61 Å². The zero-order valence-electron chi connectivity index (χ0n) is 18.0. The standard InChI is InChI=1S/C23H28Cl2N2O3/c1-14(2)26-23(29)17(5)27(12-18-7-8-19(24)11-20(18)25)22(28)13-30-21-9-6-15(3)10-16(21)4/h6-11,14,17H,12-13H2,1-5H3,(H,26,29)/t17-/m1/s1. The minimum absolute atomic E-state index is 0.0394. The van der Waals surface area contributed by atoms with Crippen LogP contribution < -0.4 is 10.1 Å². The smallest absolute Gasteiger partial charge is 0.261 e. The highest BCUT2D eigenvalue weighted by atomic mass is 35.5. The Labute approximate surface area is 188 Å². The quantitative estimate of drug-likeness (QED) is 0.619. The fourth-order valence-electron chi connectivity index (χ4n) is 3.00. The highest BCUT2D eigenvalue weighted by Crippen LogP contribution is 2.24. The van der Waals surface area contributed by atoms with E-state index in [1.165, 1.54) is 4.90 Å². The maximum Gasteiger partial charge on any atom is 0.261 e. The van der Waals surface area contributed by atoms with Gasteiger partial charge in [0, 0.05) is 22.6 Å². The average molecular weight is 451 g/mol. The fraction of sp³-hybridized carbons (Fsp3) is 0.391. The number of rotatable bonds is 8. The number of hydrogen-bond donors (Lipinski definition) is 1. The molecule has 30 heavy (non-hydrogen) atoms. The highest BCUT2D eigenvalue weighted by Gasteiger charge is 2.27. The SMILES string of the molecule is Cc1ccc(OCC(=O)N(Cc2ccc(Cl)cc2Cl)[C@H](C)C(=O)NC(C)C)c(C)c1. The van der Waals surface area contributed by atoms with E-state index in [-0.39, 0.29) is 31.0 Å². The molecule has 1 atom stereocenters. The third-order valence-corrected chi connectivity index (χ3v) is 5.22. The first-order valence-corrected chi connectivity index (χ1v) is 10.6. The van der Waals surface area contributed by atoms with E-state index in [4.69, 9.17) is 27.9 Å². The number of carbonyl (C=O) groups excluding carboxylic acids is 2. The molecular formula is C23H28Cl2N2O3. The van der Waals surface area contributed by atoms with Crippen LogP contribution in [0.2, 0.25) is 10.0 Å². The summed E-state index contributed by atoms with van der Waals surface area (Å²) in [6.07, 6.45) is 0. The van der Waals surface area contributed by atoms with Crippen molar-refractivity contribution in [3.05, 3.63) is 63.1 Å². The highest BCUT2D eigenvalue weighted by molar-refractivity contribution is 6.35. The molecule has 1 N–H and O–H groups in total. The molecule has 2 rings (SSSR count). The summed E-state index contributed by atoms with van der Waals surface area (Å²) in [5.41, 5.74) is 2.76. The Kier molecular flexibility index (Phi) is 8.56. The van der Waals surface area contributed by atoms with Crippen molar-refractivity contribution in [2.45, 2.75) is 53.2 Å². The van der Waals surface area contributed by atoms with Crippen LogP contribution in [-0.2, 0) is 16.1 Å². The number of aryl methyl sites for hydroxylation is 2. The van der Waals surface area contributed by atoms with Gasteiger partial charge in [-0.1, -0.05) is 47.0 Å². The molecule has 0 spiro atoms. The summed E-state index contributed by atoms with van der Waals surface area (Å²) in [5, 5.41) is 3.79. The van der Waals surface area contributed by atoms with Crippen molar-refractivity contribution in [3.8, 4) is 5.75 Å². The minimum atomic E-state index is -0.700. The van der Waals surface area contributed by atoms with Crippen LogP contribution in [0.3, 0.4) is 0 Å². The molecule has 5 nitrogen and oxygen atoms in total. The Hall–Kier alpha value is -2.24. The predicted molar refractivity (Wildman–Crippen MR) is 121 cm³/mol. The molecule has 2 aromatic carbocycles. The van der Waals surface area contributed by atoms with Gasteiger partial charge >= 0.3 is 0 Å². The van der Waals surface area contributed by atoms with Gasteiger partial charge in [0.1, 0.15) is 11.8 Å². The second-order valence-electron chi connectivity index (χ2n) is 7.65. The number of carbonyl (C=O) groups is 2. The summed E-state index contributed by atoms with van der Waals surface area (Å²) in [7, 11) is 0. The van der Waals surface area contributed by atoms with Crippen LogP contribution in [0.15, 0.2) is 36.4 Å². The number of amides is 2. The van der Waals surface area contributed by atoms with Gasteiger partial charge in [-0.15, -0.1) is 0 Å². The lowest BCUT2D eigenvalue weighted by atomic mass is 10.1. The second kappa shape index (κ2) is 10.7. The first-order valence-electron chi connectivity index (χ1n) is 9.82. The topological polar surface area (TPSA) is 58.6 Å². The van der Waals surface area contributed by atoms with Crippen molar-refractivity contribution in [2.75, 3.05) is 6.61 Å². The monoisotopic (exact) mass is 450 g/mol. The maximum absolute atomic E-state index is 13.1. The summed E-state index contributed by atoms with van der Waals surface area (Å²) >= 11 is 12.3. The summed E-state index contributed by atoms with van der Waals surface area (Å²) < 4.78 is 5.76. The summed E-state index contributed by atoms with van der Waals surface area (Å²) in [5.74, 6) is 0.0834. The Balaban J connectivity index is 2.22. The molecule has 0 aliphatic carbocycles. The van der Waals surface area contributed by atoms with Gasteiger partial charge in [-0.25, -0.2) is 0 Å². The Morgan fingerprint density at radius 2 is 1.77 bits per heavy atom. The van der Waals surface area contributed by atoms with E-state index in [0.717, 1.165) is 11.1 Å². The van der Waals surface area contributed by atoms with Crippen molar-refractivity contribution in [3.63, 3.8) is 0 Å². The number of ether oxygens (including phenoxy) is 1. The largest absolute Gasteiger partial charge is 0.483 e. The number of halogens is 2. The number of nitrogens with zero attached hydrogens (tertiary/aromatic N) is 1. The zero-order valence-corrected chi connectivity index (χ0v) is 19.5. The van der Waals surface area contributed by atoms with E-state index in [0.29, 0.717) is 21.4 Å². The van der Waals surface area contributed by atoms with Crippen molar-refractivity contribution in [1.29, 1.82) is 0 Å². The third-order valence-electron chi connectivity index (χ3n) is 4.64. The van der Waals surface area contributed by atoms with E-state index >= 15 is 0 Å². The number of benzene rings is 2. The number of hydrogen-bond acceptors (Lipinski definition) is 3. The summed E-state index contributed by atoms with van der Waals surface area (Å²) in [6, 6.07) is 10.1. The van der Waals surface area contributed by atoms with Gasteiger partial charge in [-0.3, -0.25) is 9.59 Å². The molecule has 0 aliphatic heterocycles. The molecular weight excluding hydrogens is 423 g/mol. The van der Waals surface area contributed by atoms with Gasteiger partial charge in [0.05, 0.1) is 0 Å². The van der Waals surface area contributed by atoms with E-state index < -0.39 is 6.04 Å². The Morgan fingerprint density at radius 3 is 2.37 bits per heavy atom. The maximum atomic E-state index is 13.1. The third kappa shape index (κ3) is 6.64. The Bertz CT molecular complexity index is 915. The van der Waals surface area contributed by atoms with E-state index in [1.807, 2.05) is 45.9 Å². The van der Waals surface area contributed by atoms with Crippen LogP contribution >= 0.6 is 23.2 Å². The molecule has 0 unspecified atom stereocenters. The fourth-order valence-corrected chi connectivity index (χ4v) is 3.47. The molecule has 0 aromatic heterocycles. The van der Waals surface area contributed by atoms with Crippen molar-refractivity contribution < 1.29 is 14.3 Å². The lowest BCUT2D eigenvalue weighted by molar-refractivity contribution is -0.142. The molecule has 0 saturated heterocycles. The predicted octanol–water partition coefficient (Wildman–Crippen LogP) is 4.93. The molecule has 0 saturated carbocycles. The van der Waals surface area contributed by atoms with Crippen molar-refractivity contribution in [1.82, 2.24) is 10.2 Å². The zero-order chi connectivity index (χ0) is 22.4. The second-order valence-corrected chi connectivity index (χ2v) is 8.50. The van der Waals surface area contributed by atoms with Crippen molar-refractivity contribution in [2.24, 2.45) is 0 Å². The normalized spacial score (nSPS) is 11.9. The van der Waals surface area contributed by atoms with E-state index in [9.17, 15) is 9.59 Å². The van der Waals surface area contributed by atoms with Crippen LogP contribution in [0, 0.1) is 13.8 Å². The molecule has 2 aromatic rings. The lowest BCUT2D eigenvalue weighted by Gasteiger charge is -2.29. The van der Waals surface area contributed by atoms with Crippen LogP contribution in [0.1, 0.15) is 37.5 Å². The molecule has 162 valence electrons.